The van der Waals surface area contributed by atoms with Gasteiger partial charge in [0, 0.05) is 6.54 Å². The fourth-order valence-electron chi connectivity index (χ4n) is 1.85. The van der Waals surface area contributed by atoms with Gasteiger partial charge in [-0.05, 0) is 29.0 Å². The highest BCUT2D eigenvalue weighted by atomic mass is 19.3. The summed E-state index contributed by atoms with van der Waals surface area (Å²) in [5.74, 6) is -0.636. The second kappa shape index (κ2) is 8.16. The monoisotopic (exact) mass is 326 g/mol. The van der Waals surface area contributed by atoms with Gasteiger partial charge >= 0.3 is 12.6 Å². The van der Waals surface area contributed by atoms with E-state index in [1.807, 2.05) is 6.92 Å². The molecule has 1 aromatic carbocycles. The van der Waals surface area contributed by atoms with Gasteiger partial charge in [0.1, 0.15) is 11.3 Å². The van der Waals surface area contributed by atoms with Crippen LogP contribution in [0.2, 0.25) is 0 Å². The Balaban J connectivity index is 2.02. The predicted octanol–water partition coefficient (Wildman–Crippen LogP) is 2.43. The van der Waals surface area contributed by atoms with Crippen LogP contribution < -0.4 is 4.74 Å². The van der Waals surface area contributed by atoms with E-state index in [0.29, 0.717) is 12.4 Å². The molecule has 7 nitrogen and oxygen atoms in total. The lowest BCUT2D eigenvalue weighted by atomic mass is 10.2. The van der Waals surface area contributed by atoms with Crippen molar-refractivity contribution >= 4 is 5.97 Å². The zero-order chi connectivity index (χ0) is 16.7. The van der Waals surface area contributed by atoms with Crippen LogP contribution in [0, 0.1) is 0 Å². The number of halogens is 2. The Kier molecular flexibility index (Phi) is 5.95. The molecule has 0 radical (unpaired) electrons. The number of ether oxygens (including phenoxy) is 2. The van der Waals surface area contributed by atoms with Crippen LogP contribution in [0.5, 0.6) is 5.75 Å². The van der Waals surface area contributed by atoms with Crippen molar-refractivity contribution in [3.63, 3.8) is 0 Å². The molecular formula is C14H16F2N4O3. The third-order valence-corrected chi connectivity index (χ3v) is 2.98. The summed E-state index contributed by atoms with van der Waals surface area (Å²) in [6, 6.07) is 5.63. The van der Waals surface area contributed by atoms with Gasteiger partial charge in [0.05, 0.1) is 0 Å². The van der Waals surface area contributed by atoms with E-state index in [-0.39, 0.29) is 17.9 Å². The Morgan fingerprint density at radius 2 is 2.13 bits per heavy atom. The van der Waals surface area contributed by atoms with Crippen molar-refractivity contribution in [2.75, 3.05) is 0 Å². The number of para-hydroxylation sites is 1. The number of nitrogens with zero attached hydrogens (tertiary/aromatic N) is 4. The summed E-state index contributed by atoms with van der Waals surface area (Å²) in [5.41, 5.74) is -0.0830. The average Bonchev–Trinajstić information content (AvgIpc) is 2.98. The van der Waals surface area contributed by atoms with Crippen molar-refractivity contribution in [3.05, 3.63) is 35.7 Å². The van der Waals surface area contributed by atoms with Crippen molar-refractivity contribution in [1.82, 2.24) is 20.2 Å². The maximum Gasteiger partial charge on any atom is 0.387 e. The van der Waals surface area contributed by atoms with Gasteiger partial charge < -0.3 is 9.47 Å². The molecule has 0 amide bonds. The Morgan fingerprint density at radius 1 is 1.35 bits per heavy atom. The summed E-state index contributed by atoms with van der Waals surface area (Å²) < 4.78 is 35.6. The van der Waals surface area contributed by atoms with Crippen LogP contribution in [0.25, 0.3) is 0 Å². The fourth-order valence-corrected chi connectivity index (χ4v) is 1.85. The average molecular weight is 326 g/mol. The number of hydrogen-bond acceptors (Lipinski definition) is 6. The molecule has 0 saturated heterocycles. The summed E-state index contributed by atoms with van der Waals surface area (Å²) >= 11 is 0. The first-order valence-corrected chi connectivity index (χ1v) is 7.07. The van der Waals surface area contributed by atoms with Gasteiger partial charge in [-0.15, -0.1) is 5.10 Å². The predicted molar refractivity (Wildman–Crippen MR) is 74.9 cm³/mol. The quantitative estimate of drug-likeness (QED) is 0.693. The molecule has 124 valence electrons. The van der Waals surface area contributed by atoms with Crippen molar-refractivity contribution in [1.29, 1.82) is 0 Å². The van der Waals surface area contributed by atoms with E-state index in [4.69, 9.17) is 4.74 Å². The minimum absolute atomic E-state index is 0.0830. The fraction of sp³-hybridized carbons (Fsp3) is 0.429. The van der Waals surface area contributed by atoms with Crippen molar-refractivity contribution in [2.45, 2.75) is 39.5 Å². The standard InChI is InChI=1S/C14H16F2N4O3/c1-2-3-8-20-12(17-18-19-20)9-22-13(21)10-6-4-5-7-11(10)23-14(15)16/h4-7,14H,2-3,8-9H2,1H3. The number of benzene rings is 1. The number of carbonyl (C=O) groups is 1. The van der Waals surface area contributed by atoms with Gasteiger partial charge in [-0.3, -0.25) is 0 Å². The van der Waals surface area contributed by atoms with Gasteiger partial charge in [0.2, 0.25) is 0 Å². The molecule has 1 aromatic heterocycles. The normalized spacial score (nSPS) is 10.8. The minimum atomic E-state index is -3.02. The van der Waals surface area contributed by atoms with Crippen LogP contribution in [0.15, 0.2) is 24.3 Å². The molecule has 0 aliphatic rings. The maximum atomic E-state index is 12.3. The molecule has 0 spiro atoms. The largest absolute Gasteiger partial charge is 0.454 e. The molecule has 0 N–H and O–H groups in total. The highest BCUT2D eigenvalue weighted by Gasteiger charge is 2.17. The maximum absolute atomic E-state index is 12.3. The van der Waals surface area contributed by atoms with Crippen LogP contribution in [-0.4, -0.2) is 32.8 Å². The van der Waals surface area contributed by atoms with Crippen LogP contribution in [0.1, 0.15) is 35.9 Å². The number of rotatable bonds is 8. The SMILES string of the molecule is CCCCn1nnnc1COC(=O)c1ccccc1OC(F)F. The first-order chi connectivity index (χ1) is 11.1. The lowest BCUT2D eigenvalue weighted by molar-refractivity contribution is -0.0505. The van der Waals surface area contributed by atoms with Gasteiger partial charge in [0.15, 0.2) is 12.4 Å². The van der Waals surface area contributed by atoms with Crippen molar-refractivity contribution in [3.8, 4) is 5.75 Å². The number of alkyl halides is 2. The molecular weight excluding hydrogens is 310 g/mol. The summed E-state index contributed by atoms with van der Waals surface area (Å²) in [6.07, 6.45) is 1.86. The summed E-state index contributed by atoms with van der Waals surface area (Å²) in [5, 5.41) is 11.1. The molecule has 0 aliphatic carbocycles. The second-order valence-corrected chi connectivity index (χ2v) is 4.62. The molecule has 0 atom stereocenters. The zero-order valence-corrected chi connectivity index (χ0v) is 12.5. The second-order valence-electron chi connectivity index (χ2n) is 4.62. The van der Waals surface area contributed by atoms with Gasteiger partial charge in [-0.25, -0.2) is 9.48 Å². The summed E-state index contributed by atoms with van der Waals surface area (Å²) in [7, 11) is 0. The van der Waals surface area contributed by atoms with Gasteiger partial charge in [-0.2, -0.15) is 8.78 Å². The van der Waals surface area contributed by atoms with E-state index in [1.165, 1.54) is 24.3 Å². The summed E-state index contributed by atoms with van der Waals surface area (Å²) in [4.78, 5) is 12.0. The Labute approximate surface area is 131 Å². The number of hydrogen-bond donors (Lipinski definition) is 0. The smallest absolute Gasteiger partial charge is 0.387 e. The highest BCUT2D eigenvalue weighted by Crippen LogP contribution is 2.21. The molecule has 23 heavy (non-hydrogen) atoms. The van der Waals surface area contributed by atoms with Gasteiger partial charge in [-0.1, -0.05) is 25.5 Å². The molecule has 0 aliphatic heterocycles. The molecule has 0 fully saturated rings. The molecule has 2 aromatic rings. The number of unbranched alkanes of at least 4 members (excludes halogenated alkanes) is 1. The van der Waals surface area contributed by atoms with Crippen LogP contribution in [0.4, 0.5) is 8.78 Å². The Morgan fingerprint density at radius 3 is 2.87 bits per heavy atom. The Bertz CT molecular complexity index is 648. The number of aromatic nitrogens is 4. The Hall–Kier alpha value is -2.58. The lowest BCUT2D eigenvalue weighted by Gasteiger charge is -2.10. The first-order valence-electron chi connectivity index (χ1n) is 7.07. The lowest BCUT2D eigenvalue weighted by Crippen LogP contribution is -2.13. The third kappa shape index (κ3) is 4.70. The first kappa shape index (κ1) is 16.8. The van der Waals surface area contributed by atoms with E-state index in [0.717, 1.165) is 12.8 Å². The number of esters is 1. The van der Waals surface area contributed by atoms with Crippen molar-refractivity contribution in [2.24, 2.45) is 0 Å². The van der Waals surface area contributed by atoms with Crippen LogP contribution >= 0.6 is 0 Å². The number of tetrazole rings is 1. The minimum Gasteiger partial charge on any atom is -0.454 e. The van der Waals surface area contributed by atoms with E-state index in [1.54, 1.807) is 4.68 Å². The molecule has 1 heterocycles. The highest BCUT2D eigenvalue weighted by molar-refractivity contribution is 5.92. The van der Waals surface area contributed by atoms with Crippen LogP contribution in [0.3, 0.4) is 0 Å². The third-order valence-electron chi connectivity index (χ3n) is 2.98. The van der Waals surface area contributed by atoms with Gasteiger partial charge in [0.25, 0.3) is 0 Å². The summed E-state index contributed by atoms with van der Waals surface area (Å²) in [6.45, 7) is -0.533. The molecule has 2 rings (SSSR count). The number of carbonyl (C=O) groups excluding carboxylic acids is 1. The van der Waals surface area contributed by atoms with Crippen molar-refractivity contribution < 1.29 is 23.0 Å². The zero-order valence-electron chi connectivity index (χ0n) is 12.5. The molecule has 0 bridgehead atoms. The van der Waals surface area contributed by atoms with E-state index < -0.39 is 12.6 Å². The van der Waals surface area contributed by atoms with E-state index in [2.05, 4.69) is 20.3 Å². The molecule has 0 unspecified atom stereocenters. The molecule has 9 heteroatoms. The topological polar surface area (TPSA) is 79.1 Å². The van der Waals surface area contributed by atoms with E-state index in [9.17, 15) is 13.6 Å². The molecule has 0 saturated carbocycles. The van der Waals surface area contributed by atoms with E-state index >= 15 is 0 Å². The van der Waals surface area contributed by atoms with Crippen LogP contribution in [-0.2, 0) is 17.9 Å². The number of aryl methyl sites for hydroxylation is 1.